The Morgan fingerprint density at radius 1 is 1.00 bits per heavy atom. The molecule has 0 radical (unpaired) electrons. The van der Waals surface area contributed by atoms with Crippen LogP contribution < -0.4 is 10.6 Å². The van der Waals surface area contributed by atoms with E-state index in [2.05, 4.69) is 10.6 Å². The minimum absolute atomic E-state index is 0.184. The molecular formula is C18H19FN2O2. The Morgan fingerprint density at radius 3 is 2.35 bits per heavy atom. The van der Waals surface area contributed by atoms with E-state index in [1.165, 1.54) is 24.3 Å². The summed E-state index contributed by atoms with van der Waals surface area (Å²) in [6.07, 6.45) is 0. The Bertz CT molecular complexity index is 696. The van der Waals surface area contributed by atoms with Gasteiger partial charge in [0, 0.05) is 23.4 Å². The third-order valence-electron chi connectivity index (χ3n) is 3.16. The van der Waals surface area contributed by atoms with E-state index < -0.39 is 5.82 Å². The van der Waals surface area contributed by atoms with Gasteiger partial charge in [0.25, 0.3) is 11.8 Å². The largest absolute Gasteiger partial charge is 0.352 e. The molecule has 2 aromatic carbocycles. The number of nitrogens with one attached hydrogen (secondary N) is 2. The molecule has 120 valence electrons. The van der Waals surface area contributed by atoms with Crippen molar-refractivity contribution in [2.24, 2.45) is 5.92 Å². The molecule has 0 aromatic heterocycles. The number of benzene rings is 2. The number of carbonyl (C=O) groups excluding carboxylic acids is 2. The number of halogens is 1. The van der Waals surface area contributed by atoms with Crippen LogP contribution in [0.3, 0.4) is 0 Å². The number of anilines is 1. The van der Waals surface area contributed by atoms with Gasteiger partial charge in [-0.25, -0.2) is 4.39 Å². The van der Waals surface area contributed by atoms with E-state index in [1.54, 1.807) is 24.3 Å². The molecule has 0 bridgehead atoms. The molecule has 5 heteroatoms. The van der Waals surface area contributed by atoms with Crippen molar-refractivity contribution in [3.05, 3.63) is 65.5 Å². The first-order valence-electron chi connectivity index (χ1n) is 7.41. The molecule has 0 fully saturated rings. The number of carbonyl (C=O) groups is 2. The van der Waals surface area contributed by atoms with E-state index >= 15 is 0 Å². The maximum atomic E-state index is 12.9. The zero-order valence-corrected chi connectivity index (χ0v) is 13.1. The first-order chi connectivity index (χ1) is 11.0. The molecule has 0 saturated heterocycles. The number of hydrogen-bond acceptors (Lipinski definition) is 2. The lowest BCUT2D eigenvalue weighted by Crippen LogP contribution is -2.27. The molecule has 0 heterocycles. The van der Waals surface area contributed by atoms with Crippen molar-refractivity contribution >= 4 is 17.5 Å². The Morgan fingerprint density at radius 2 is 1.70 bits per heavy atom. The normalized spacial score (nSPS) is 10.4. The van der Waals surface area contributed by atoms with Crippen LogP contribution in [0.25, 0.3) is 0 Å². The predicted molar refractivity (Wildman–Crippen MR) is 88.0 cm³/mol. The molecule has 2 amide bonds. The highest BCUT2D eigenvalue weighted by molar-refractivity contribution is 6.05. The van der Waals surface area contributed by atoms with Gasteiger partial charge in [0.15, 0.2) is 0 Å². The van der Waals surface area contributed by atoms with Gasteiger partial charge in [-0.05, 0) is 48.4 Å². The van der Waals surface area contributed by atoms with Crippen LogP contribution in [0.1, 0.15) is 34.6 Å². The van der Waals surface area contributed by atoms with Crippen LogP contribution in [0.5, 0.6) is 0 Å². The lowest BCUT2D eigenvalue weighted by molar-refractivity contribution is 0.0947. The predicted octanol–water partition coefficient (Wildman–Crippen LogP) is 3.46. The highest BCUT2D eigenvalue weighted by atomic mass is 19.1. The van der Waals surface area contributed by atoms with Crippen molar-refractivity contribution in [1.29, 1.82) is 0 Å². The average Bonchev–Trinajstić information content (AvgIpc) is 2.53. The number of hydrogen-bond donors (Lipinski definition) is 2. The smallest absolute Gasteiger partial charge is 0.255 e. The van der Waals surface area contributed by atoms with Crippen LogP contribution in [-0.2, 0) is 0 Å². The molecule has 0 spiro atoms. The molecule has 0 atom stereocenters. The van der Waals surface area contributed by atoms with Gasteiger partial charge < -0.3 is 10.6 Å². The highest BCUT2D eigenvalue weighted by Crippen LogP contribution is 2.13. The van der Waals surface area contributed by atoms with Gasteiger partial charge in [0.1, 0.15) is 5.82 Å². The standard InChI is InChI=1S/C18H19FN2O2/c1-12(2)11-20-17(22)14-4-3-5-16(10-14)21-18(23)13-6-8-15(19)9-7-13/h3-10,12H,11H2,1-2H3,(H,20,22)(H,21,23). The van der Waals surface area contributed by atoms with Gasteiger partial charge in [0.05, 0.1) is 0 Å². The third kappa shape index (κ3) is 4.92. The molecule has 0 unspecified atom stereocenters. The summed E-state index contributed by atoms with van der Waals surface area (Å²) in [6.45, 7) is 4.62. The van der Waals surface area contributed by atoms with Crippen molar-refractivity contribution in [1.82, 2.24) is 5.32 Å². The molecule has 0 aliphatic carbocycles. The first-order valence-corrected chi connectivity index (χ1v) is 7.41. The van der Waals surface area contributed by atoms with Crippen LogP contribution in [0.2, 0.25) is 0 Å². The SMILES string of the molecule is CC(C)CNC(=O)c1cccc(NC(=O)c2ccc(F)cc2)c1. The molecular weight excluding hydrogens is 295 g/mol. The van der Waals surface area contributed by atoms with E-state index in [0.717, 1.165) is 0 Å². The zero-order chi connectivity index (χ0) is 16.8. The molecule has 23 heavy (non-hydrogen) atoms. The quantitative estimate of drug-likeness (QED) is 0.888. The van der Waals surface area contributed by atoms with Crippen molar-refractivity contribution < 1.29 is 14.0 Å². The van der Waals surface area contributed by atoms with Crippen LogP contribution in [-0.4, -0.2) is 18.4 Å². The maximum absolute atomic E-state index is 12.9. The summed E-state index contributed by atoms with van der Waals surface area (Å²) >= 11 is 0. The van der Waals surface area contributed by atoms with Gasteiger partial charge in [-0.3, -0.25) is 9.59 Å². The first kappa shape index (κ1) is 16.7. The van der Waals surface area contributed by atoms with E-state index in [1.807, 2.05) is 13.8 Å². The summed E-state index contributed by atoms with van der Waals surface area (Å²) in [4.78, 5) is 24.1. The Labute approximate surface area is 134 Å². The molecule has 4 nitrogen and oxygen atoms in total. The van der Waals surface area contributed by atoms with Crippen molar-refractivity contribution in [2.45, 2.75) is 13.8 Å². The van der Waals surface area contributed by atoms with E-state index in [4.69, 9.17) is 0 Å². The summed E-state index contributed by atoms with van der Waals surface area (Å²) in [6, 6.07) is 12.0. The summed E-state index contributed by atoms with van der Waals surface area (Å²) in [7, 11) is 0. The topological polar surface area (TPSA) is 58.2 Å². The van der Waals surface area contributed by atoms with Gasteiger partial charge >= 0.3 is 0 Å². The second-order valence-electron chi connectivity index (χ2n) is 5.65. The Hall–Kier alpha value is -2.69. The molecule has 2 aromatic rings. The van der Waals surface area contributed by atoms with Gasteiger partial charge in [-0.15, -0.1) is 0 Å². The Balaban J connectivity index is 2.06. The summed E-state index contributed by atoms with van der Waals surface area (Å²) in [5.41, 5.74) is 1.33. The zero-order valence-electron chi connectivity index (χ0n) is 13.1. The van der Waals surface area contributed by atoms with Crippen LogP contribution in [0, 0.1) is 11.7 Å². The summed E-state index contributed by atoms with van der Waals surface area (Å²) in [5.74, 6) is -0.577. The second kappa shape index (κ2) is 7.54. The average molecular weight is 314 g/mol. The van der Waals surface area contributed by atoms with Crippen LogP contribution in [0.4, 0.5) is 10.1 Å². The minimum Gasteiger partial charge on any atom is -0.352 e. The third-order valence-corrected chi connectivity index (χ3v) is 3.16. The summed E-state index contributed by atoms with van der Waals surface area (Å²) in [5, 5.41) is 5.52. The van der Waals surface area contributed by atoms with E-state index in [0.29, 0.717) is 29.3 Å². The summed E-state index contributed by atoms with van der Waals surface area (Å²) < 4.78 is 12.9. The Kier molecular flexibility index (Phi) is 5.46. The van der Waals surface area contributed by atoms with E-state index in [-0.39, 0.29) is 11.8 Å². The van der Waals surface area contributed by atoms with Crippen molar-refractivity contribution in [3.63, 3.8) is 0 Å². The van der Waals surface area contributed by atoms with E-state index in [9.17, 15) is 14.0 Å². The fraction of sp³-hybridized carbons (Fsp3) is 0.222. The van der Waals surface area contributed by atoms with Crippen molar-refractivity contribution in [2.75, 3.05) is 11.9 Å². The lowest BCUT2D eigenvalue weighted by atomic mass is 10.1. The minimum atomic E-state index is -0.398. The maximum Gasteiger partial charge on any atom is 0.255 e. The van der Waals surface area contributed by atoms with Crippen LogP contribution in [0.15, 0.2) is 48.5 Å². The highest BCUT2D eigenvalue weighted by Gasteiger charge is 2.09. The second-order valence-corrected chi connectivity index (χ2v) is 5.65. The van der Waals surface area contributed by atoms with Gasteiger partial charge in [-0.2, -0.15) is 0 Å². The fourth-order valence-electron chi connectivity index (χ4n) is 1.94. The van der Waals surface area contributed by atoms with Gasteiger partial charge in [-0.1, -0.05) is 19.9 Å². The molecule has 0 aliphatic heterocycles. The molecule has 0 saturated carbocycles. The lowest BCUT2D eigenvalue weighted by Gasteiger charge is -2.09. The monoisotopic (exact) mass is 314 g/mol. The van der Waals surface area contributed by atoms with Gasteiger partial charge in [0.2, 0.25) is 0 Å². The molecule has 2 rings (SSSR count). The fourth-order valence-corrected chi connectivity index (χ4v) is 1.94. The van der Waals surface area contributed by atoms with Crippen LogP contribution >= 0.6 is 0 Å². The van der Waals surface area contributed by atoms with Crippen molar-refractivity contribution in [3.8, 4) is 0 Å². The number of rotatable bonds is 5. The number of amides is 2. The molecule has 0 aliphatic rings. The molecule has 2 N–H and O–H groups in total.